The van der Waals surface area contributed by atoms with Crippen molar-refractivity contribution >= 4 is 40.3 Å². The third kappa shape index (κ3) is 5.39. The van der Waals surface area contributed by atoms with Gasteiger partial charge in [-0.3, -0.25) is 4.79 Å². The number of thioether (sulfide) groups is 1. The van der Waals surface area contributed by atoms with E-state index in [1.165, 1.54) is 23.9 Å². The number of esters is 1. The number of fused-ring (bicyclic) bond motifs is 1. The van der Waals surface area contributed by atoms with Crippen LogP contribution in [-0.4, -0.2) is 31.3 Å². The van der Waals surface area contributed by atoms with E-state index in [4.69, 9.17) is 13.9 Å². The van der Waals surface area contributed by atoms with E-state index in [2.05, 4.69) is 5.32 Å². The first-order valence-corrected chi connectivity index (χ1v) is 9.94. The fraction of sp³-hybridized carbons (Fsp3) is 0.190. The van der Waals surface area contributed by atoms with Crippen LogP contribution in [0.1, 0.15) is 5.56 Å². The summed E-state index contributed by atoms with van der Waals surface area (Å²) in [6.45, 7) is 1.01. The summed E-state index contributed by atoms with van der Waals surface area (Å²) in [5.74, 6) is -0.784. The number of benzene rings is 2. The van der Waals surface area contributed by atoms with Crippen LogP contribution in [0.4, 0.5) is 5.69 Å². The van der Waals surface area contributed by atoms with Crippen molar-refractivity contribution in [2.45, 2.75) is 11.8 Å². The van der Waals surface area contributed by atoms with Gasteiger partial charge in [-0.25, -0.2) is 9.59 Å². The van der Waals surface area contributed by atoms with Crippen molar-refractivity contribution in [3.8, 4) is 5.75 Å². The molecule has 2 aromatic carbocycles. The number of carbonyl (C=O) groups excluding carboxylic acids is 2. The molecule has 0 bridgehead atoms. The topological polar surface area (TPSA) is 94.8 Å². The number of hydrogen-bond acceptors (Lipinski definition) is 7. The molecule has 0 radical (unpaired) electrons. The third-order valence-electron chi connectivity index (χ3n) is 4.02. The van der Waals surface area contributed by atoms with Crippen LogP contribution in [0.3, 0.4) is 0 Å². The highest BCUT2D eigenvalue weighted by atomic mass is 32.2. The molecule has 0 atom stereocenters. The second kappa shape index (κ2) is 9.29. The molecule has 0 fully saturated rings. The number of aryl methyl sites for hydroxylation is 1. The molecule has 0 saturated carbocycles. The molecule has 1 heterocycles. The summed E-state index contributed by atoms with van der Waals surface area (Å²) >= 11 is 1.50. The first kappa shape index (κ1) is 20.5. The first-order chi connectivity index (χ1) is 14.0. The molecule has 0 spiro atoms. The van der Waals surface area contributed by atoms with Gasteiger partial charge >= 0.3 is 11.6 Å². The van der Waals surface area contributed by atoms with E-state index < -0.39 is 24.1 Å². The van der Waals surface area contributed by atoms with Crippen LogP contribution < -0.4 is 15.7 Å². The number of amides is 1. The number of para-hydroxylation sites is 1. The Morgan fingerprint density at radius 1 is 1.10 bits per heavy atom. The minimum Gasteiger partial charge on any atom is -0.482 e. The summed E-state index contributed by atoms with van der Waals surface area (Å²) in [6, 6.07) is 13.7. The van der Waals surface area contributed by atoms with Crippen molar-refractivity contribution in [1.29, 1.82) is 0 Å². The molecule has 0 aliphatic rings. The van der Waals surface area contributed by atoms with Gasteiger partial charge in [0.1, 0.15) is 11.3 Å². The van der Waals surface area contributed by atoms with Crippen LogP contribution in [0.2, 0.25) is 0 Å². The molecular formula is C21H19NO6S. The molecule has 1 N–H and O–H groups in total. The van der Waals surface area contributed by atoms with Crippen molar-refractivity contribution in [3.63, 3.8) is 0 Å². The van der Waals surface area contributed by atoms with Gasteiger partial charge in [0, 0.05) is 22.4 Å². The Morgan fingerprint density at radius 2 is 1.90 bits per heavy atom. The van der Waals surface area contributed by atoms with Gasteiger partial charge in [0.15, 0.2) is 13.2 Å². The Balaban J connectivity index is 1.51. The van der Waals surface area contributed by atoms with Crippen molar-refractivity contribution in [2.24, 2.45) is 0 Å². The van der Waals surface area contributed by atoms with Crippen LogP contribution in [0, 0.1) is 6.92 Å². The van der Waals surface area contributed by atoms with Gasteiger partial charge in [-0.1, -0.05) is 12.1 Å². The zero-order chi connectivity index (χ0) is 20.8. The summed E-state index contributed by atoms with van der Waals surface area (Å²) in [6.07, 6.45) is 1.90. The van der Waals surface area contributed by atoms with Crippen molar-refractivity contribution in [2.75, 3.05) is 24.8 Å². The summed E-state index contributed by atoms with van der Waals surface area (Å²) in [5.41, 5.74) is 1.36. The molecule has 0 unspecified atom stereocenters. The number of rotatable bonds is 7. The van der Waals surface area contributed by atoms with Gasteiger partial charge in [-0.15, -0.1) is 11.8 Å². The maximum Gasteiger partial charge on any atom is 0.344 e. The fourth-order valence-corrected chi connectivity index (χ4v) is 3.21. The van der Waals surface area contributed by atoms with Gasteiger partial charge in [0.05, 0.1) is 5.69 Å². The summed E-state index contributed by atoms with van der Waals surface area (Å²) in [7, 11) is 0. The Kier molecular flexibility index (Phi) is 6.56. The molecular weight excluding hydrogens is 394 g/mol. The fourth-order valence-electron chi connectivity index (χ4n) is 2.66. The first-order valence-electron chi connectivity index (χ1n) is 8.72. The molecule has 150 valence electrons. The maximum atomic E-state index is 12.0. The third-order valence-corrected chi connectivity index (χ3v) is 4.82. The highest BCUT2D eigenvalue weighted by Gasteiger charge is 2.11. The maximum absolute atomic E-state index is 12.0. The number of carbonyl (C=O) groups is 2. The van der Waals surface area contributed by atoms with E-state index in [0.29, 0.717) is 17.0 Å². The van der Waals surface area contributed by atoms with Gasteiger partial charge in [0.2, 0.25) is 0 Å². The lowest BCUT2D eigenvalue weighted by Crippen LogP contribution is -2.23. The van der Waals surface area contributed by atoms with E-state index in [-0.39, 0.29) is 6.61 Å². The average Bonchev–Trinajstić information content (AvgIpc) is 2.70. The second-order valence-corrected chi connectivity index (χ2v) is 6.95. The zero-order valence-corrected chi connectivity index (χ0v) is 16.7. The molecule has 3 aromatic rings. The predicted octanol–water partition coefficient (Wildman–Crippen LogP) is 3.38. The Labute approximate surface area is 171 Å². The van der Waals surface area contributed by atoms with Gasteiger partial charge in [-0.2, -0.15) is 0 Å². The lowest BCUT2D eigenvalue weighted by molar-refractivity contribution is -0.149. The number of nitrogens with one attached hydrogen (secondary N) is 1. The minimum absolute atomic E-state index is 0.349. The quantitative estimate of drug-likeness (QED) is 0.360. The van der Waals surface area contributed by atoms with Crippen molar-refractivity contribution in [3.05, 3.63) is 64.5 Å². The highest BCUT2D eigenvalue weighted by Crippen LogP contribution is 2.24. The number of hydrogen-bond donors (Lipinski definition) is 1. The molecule has 7 nitrogen and oxygen atoms in total. The van der Waals surface area contributed by atoms with Crippen LogP contribution >= 0.6 is 11.8 Å². The van der Waals surface area contributed by atoms with Crippen LogP contribution in [-0.2, 0) is 14.3 Å². The lowest BCUT2D eigenvalue weighted by atomic mass is 10.1. The van der Waals surface area contributed by atoms with Gasteiger partial charge < -0.3 is 19.2 Å². The largest absolute Gasteiger partial charge is 0.482 e. The molecule has 8 heteroatoms. The lowest BCUT2D eigenvalue weighted by Gasteiger charge is -2.10. The standard InChI is InChI=1S/C21H19NO6S/c1-13-9-20(24)28-17-10-14(7-8-15(13)17)26-12-21(25)27-11-19(23)22-16-5-3-4-6-18(16)29-2/h3-10H,11-12H2,1-2H3,(H,22,23). The van der Waals surface area contributed by atoms with E-state index in [1.807, 2.05) is 24.5 Å². The molecule has 1 aromatic heterocycles. The van der Waals surface area contributed by atoms with Crippen molar-refractivity contribution < 1.29 is 23.5 Å². The normalized spacial score (nSPS) is 10.6. The average molecular weight is 413 g/mol. The summed E-state index contributed by atoms with van der Waals surface area (Å²) in [4.78, 5) is 36.2. The van der Waals surface area contributed by atoms with Gasteiger partial charge in [-0.05, 0) is 43.0 Å². The smallest absolute Gasteiger partial charge is 0.344 e. The summed E-state index contributed by atoms with van der Waals surface area (Å²) in [5, 5.41) is 3.48. The van der Waals surface area contributed by atoms with E-state index in [0.717, 1.165) is 15.8 Å². The molecule has 1 amide bonds. The van der Waals surface area contributed by atoms with Crippen LogP contribution in [0.25, 0.3) is 11.0 Å². The van der Waals surface area contributed by atoms with Gasteiger partial charge in [0.25, 0.3) is 5.91 Å². The zero-order valence-electron chi connectivity index (χ0n) is 15.9. The monoisotopic (exact) mass is 413 g/mol. The van der Waals surface area contributed by atoms with E-state index in [1.54, 1.807) is 25.1 Å². The molecule has 0 saturated heterocycles. The SMILES string of the molecule is CSc1ccccc1NC(=O)COC(=O)COc1ccc2c(C)cc(=O)oc2c1. The number of ether oxygens (including phenoxy) is 2. The second-order valence-electron chi connectivity index (χ2n) is 6.10. The molecule has 0 aliphatic heterocycles. The summed E-state index contributed by atoms with van der Waals surface area (Å²) < 4.78 is 15.4. The predicted molar refractivity (Wildman–Crippen MR) is 111 cm³/mol. The Morgan fingerprint density at radius 3 is 2.69 bits per heavy atom. The molecule has 3 rings (SSSR count). The van der Waals surface area contributed by atoms with Crippen LogP contribution in [0.15, 0.2) is 62.6 Å². The Bertz CT molecular complexity index is 1110. The highest BCUT2D eigenvalue weighted by molar-refractivity contribution is 7.98. The van der Waals surface area contributed by atoms with E-state index in [9.17, 15) is 14.4 Å². The van der Waals surface area contributed by atoms with Crippen molar-refractivity contribution in [1.82, 2.24) is 0 Å². The molecule has 29 heavy (non-hydrogen) atoms. The Hall–Kier alpha value is -3.26. The molecule has 0 aliphatic carbocycles. The van der Waals surface area contributed by atoms with E-state index >= 15 is 0 Å². The number of anilines is 1. The van der Waals surface area contributed by atoms with Crippen LogP contribution in [0.5, 0.6) is 5.75 Å². The minimum atomic E-state index is -0.691.